The Kier molecular flexibility index (Phi) is 9.85. The third-order valence-electron chi connectivity index (χ3n) is 11.1. The van der Waals surface area contributed by atoms with Gasteiger partial charge in [-0.05, 0) is 67.9 Å². The zero-order chi connectivity index (χ0) is 39.0. The van der Waals surface area contributed by atoms with Crippen molar-refractivity contribution in [3.05, 3.63) is 211 Å². The van der Waals surface area contributed by atoms with Gasteiger partial charge in [-0.2, -0.15) is 0 Å². The lowest BCUT2D eigenvalue weighted by molar-refractivity contribution is 0.881. The molecule has 0 radical (unpaired) electrons. The molecule has 4 nitrogen and oxygen atoms in total. The van der Waals surface area contributed by atoms with E-state index in [1.807, 2.05) is 54.2 Å². The summed E-state index contributed by atoms with van der Waals surface area (Å²) in [7, 11) is 0. The van der Waals surface area contributed by atoms with Gasteiger partial charge in [-0.15, -0.1) is 23.5 Å². The molecule has 0 spiro atoms. The molecule has 0 amide bonds. The van der Waals surface area contributed by atoms with Crippen LogP contribution in [0.3, 0.4) is 0 Å². The summed E-state index contributed by atoms with van der Waals surface area (Å²) in [5, 5.41) is 2.26. The van der Waals surface area contributed by atoms with Crippen LogP contribution in [-0.2, 0) is 0 Å². The fourth-order valence-electron chi connectivity index (χ4n) is 8.10. The van der Waals surface area contributed by atoms with E-state index in [2.05, 4.69) is 152 Å². The van der Waals surface area contributed by atoms with Gasteiger partial charge in [0.2, 0.25) is 0 Å². The van der Waals surface area contributed by atoms with Gasteiger partial charge >= 0.3 is 0 Å². The molecule has 4 atom stereocenters. The van der Waals surface area contributed by atoms with E-state index in [9.17, 15) is 0 Å². The van der Waals surface area contributed by atoms with Crippen LogP contribution in [0.2, 0.25) is 0 Å². The van der Waals surface area contributed by atoms with E-state index in [0.29, 0.717) is 11.2 Å². The number of allylic oxidation sites excluding steroid dienone is 3. The van der Waals surface area contributed by atoms with Gasteiger partial charge in [-0.1, -0.05) is 176 Å². The summed E-state index contributed by atoms with van der Waals surface area (Å²) in [6, 6.07) is 59.7. The third-order valence-corrected chi connectivity index (χ3v) is 13.7. The number of benzene rings is 7. The highest BCUT2D eigenvalue weighted by molar-refractivity contribution is 8.00. The second-order valence-electron chi connectivity index (χ2n) is 14.8. The number of rotatable bonds is 9. The highest BCUT2D eigenvalue weighted by Gasteiger charge is 2.33. The molecule has 4 unspecified atom stereocenters. The lowest BCUT2D eigenvalue weighted by atomic mass is 9.91. The van der Waals surface area contributed by atoms with Gasteiger partial charge in [0.05, 0.1) is 22.1 Å². The first-order valence-electron chi connectivity index (χ1n) is 19.6. The summed E-state index contributed by atoms with van der Waals surface area (Å²) < 4.78 is 0. The molecule has 0 fully saturated rings. The number of fused-ring (bicyclic) bond motifs is 4. The number of thioether (sulfide) groups is 2. The first-order valence-corrected chi connectivity index (χ1v) is 21.4. The molecule has 58 heavy (non-hydrogen) atoms. The molecule has 2 aliphatic rings. The van der Waals surface area contributed by atoms with Crippen molar-refractivity contribution in [2.75, 3.05) is 0 Å². The van der Waals surface area contributed by atoms with Crippen molar-refractivity contribution in [2.24, 2.45) is 11.5 Å². The van der Waals surface area contributed by atoms with Crippen molar-refractivity contribution >= 4 is 34.3 Å². The number of nitrogens with two attached hydrogens (primary N) is 2. The normalized spacial score (nSPS) is 16.5. The van der Waals surface area contributed by atoms with E-state index in [1.54, 1.807) is 11.8 Å². The van der Waals surface area contributed by atoms with Crippen LogP contribution >= 0.6 is 23.5 Å². The molecule has 2 heterocycles. The Balaban J connectivity index is 0.964. The van der Waals surface area contributed by atoms with Crippen LogP contribution < -0.4 is 11.5 Å². The minimum Gasteiger partial charge on any atom is -0.316 e. The predicted octanol–water partition coefficient (Wildman–Crippen LogP) is 13.0. The fraction of sp³-hybridized carbons (Fsp3) is 0.0769. The van der Waals surface area contributed by atoms with Gasteiger partial charge < -0.3 is 11.5 Å². The summed E-state index contributed by atoms with van der Waals surface area (Å²) in [4.78, 5) is 11.6. The summed E-state index contributed by atoms with van der Waals surface area (Å²) >= 11 is 3.51. The minimum atomic E-state index is -0.284. The quantitative estimate of drug-likeness (QED) is 0.142. The van der Waals surface area contributed by atoms with Crippen molar-refractivity contribution in [3.8, 4) is 56.2 Å². The van der Waals surface area contributed by atoms with Gasteiger partial charge in [0.15, 0.2) is 5.82 Å². The van der Waals surface area contributed by atoms with Crippen molar-refractivity contribution in [3.63, 3.8) is 0 Å². The Bertz CT molecular complexity index is 2840. The van der Waals surface area contributed by atoms with Crippen LogP contribution in [0, 0.1) is 0 Å². The van der Waals surface area contributed by atoms with E-state index < -0.39 is 0 Å². The first-order chi connectivity index (χ1) is 28.6. The smallest absolute Gasteiger partial charge is 0.160 e. The van der Waals surface area contributed by atoms with Crippen LogP contribution in [0.15, 0.2) is 199 Å². The van der Waals surface area contributed by atoms with Gasteiger partial charge in [0, 0.05) is 32.8 Å². The number of aromatic nitrogens is 2. The molecule has 1 aliphatic carbocycles. The molecule has 1 aromatic heterocycles. The minimum absolute atomic E-state index is 0.221. The topological polar surface area (TPSA) is 77.8 Å². The number of hydrogen-bond acceptors (Lipinski definition) is 6. The van der Waals surface area contributed by atoms with E-state index >= 15 is 0 Å². The van der Waals surface area contributed by atoms with Crippen LogP contribution in [0.5, 0.6) is 0 Å². The van der Waals surface area contributed by atoms with Crippen LogP contribution in [0.25, 0.3) is 66.9 Å². The Hall–Kier alpha value is -6.02. The van der Waals surface area contributed by atoms with E-state index in [1.165, 1.54) is 21.2 Å². The number of nitrogens with zero attached hydrogens (tertiary/aromatic N) is 2. The Morgan fingerprint density at radius 3 is 1.98 bits per heavy atom. The van der Waals surface area contributed by atoms with Crippen LogP contribution in [0.4, 0.5) is 0 Å². The molecule has 10 rings (SSSR count). The Morgan fingerprint density at radius 1 is 0.500 bits per heavy atom. The molecule has 8 aromatic rings. The summed E-state index contributed by atoms with van der Waals surface area (Å²) in [5.74, 6) is 1.11. The maximum atomic E-state index is 6.83. The molecule has 7 aromatic carbocycles. The van der Waals surface area contributed by atoms with Gasteiger partial charge in [0.25, 0.3) is 0 Å². The van der Waals surface area contributed by atoms with Crippen molar-refractivity contribution in [1.82, 2.24) is 9.97 Å². The lowest BCUT2D eigenvalue weighted by Crippen LogP contribution is -2.14. The van der Waals surface area contributed by atoms with Gasteiger partial charge in [-0.25, -0.2) is 9.97 Å². The van der Waals surface area contributed by atoms with Gasteiger partial charge in [-0.3, -0.25) is 0 Å². The van der Waals surface area contributed by atoms with Crippen LogP contribution in [-0.4, -0.2) is 15.2 Å². The monoisotopic (exact) mass is 784 g/mol. The zero-order valence-corrected chi connectivity index (χ0v) is 33.3. The average Bonchev–Trinajstić information content (AvgIpc) is 3.68. The van der Waals surface area contributed by atoms with E-state index in [0.717, 1.165) is 67.3 Å². The maximum Gasteiger partial charge on any atom is 0.160 e. The highest BCUT2D eigenvalue weighted by Crippen LogP contribution is 2.51. The van der Waals surface area contributed by atoms with E-state index in [-0.39, 0.29) is 10.7 Å². The largest absolute Gasteiger partial charge is 0.316 e. The molecule has 4 N–H and O–H groups in total. The lowest BCUT2D eigenvalue weighted by Gasteiger charge is -2.20. The number of hydrogen-bond donors (Lipinski definition) is 2. The first kappa shape index (κ1) is 36.3. The highest BCUT2D eigenvalue weighted by atomic mass is 32.2. The molecule has 0 saturated heterocycles. The fourth-order valence-corrected chi connectivity index (χ4v) is 10.6. The molecule has 1 aliphatic heterocycles. The SMILES string of the molecule is NC(SC(N)c1ccccc1-c1ccc2ccc(-c3ccc(-c4cc(-c5cccc6c5SC5C=CC=CC65)nc(-c5ccccc5)n4)cc3)cc2c1)c1ccccc1. The molecule has 6 heteroatoms. The summed E-state index contributed by atoms with van der Waals surface area (Å²) in [6.45, 7) is 0. The standard InChI is InChI=1S/C52H40N4S2/c53-50(36-12-3-1-4-13-36)58-51(54)44-18-8-7-16-41(44)39-29-25-34-24-28-38(30-40(34)31-39)33-22-26-35(27-23-33)46-32-47(56-52(55-46)37-14-5-2-6-15-37)45-20-11-19-43-42-17-9-10-21-48(42)57-49(43)45/h1-32,42,48,50-51H,53-54H2. The molecule has 280 valence electrons. The summed E-state index contributed by atoms with van der Waals surface area (Å²) in [5.41, 5.74) is 26.5. The van der Waals surface area contributed by atoms with E-state index in [4.69, 9.17) is 21.4 Å². The molecule has 0 bridgehead atoms. The van der Waals surface area contributed by atoms with Crippen LogP contribution in [0.1, 0.15) is 33.4 Å². The Morgan fingerprint density at radius 2 is 1.16 bits per heavy atom. The molecular weight excluding hydrogens is 745 g/mol. The predicted molar refractivity (Wildman–Crippen MR) is 245 cm³/mol. The second-order valence-corrected chi connectivity index (χ2v) is 17.2. The van der Waals surface area contributed by atoms with Gasteiger partial charge in [0.1, 0.15) is 0 Å². The second kappa shape index (κ2) is 15.7. The molecular formula is C52H40N4S2. The Labute approximate surface area is 347 Å². The van der Waals surface area contributed by atoms with Crippen molar-refractivity contribution < 1.29 is 0 Å². The van der Waals surface area contributed by atoms with Crippen molar-refractivity contribution in [2.45, 2.75) is 26.8 Å². The third kappa shape index (κ3) is 7.10. The summed E-state index contributed by atoms with van der Waals surface area (Å²) in [6.07, 6.45) is 8.97. The maximum absolute atomic E-state index is 6.83. The van der Waals surface area contributed by atoms with Crippen molar-refractivity contribution in [1.29, 1.82) is 0 Å². The zero-order valence-electron chi connectivity index (χ0n) is 31.7. The average molecular weight is 785 g/mol. The molecule has 0 saturated carbocycles.